The first-order valence-electron chi connectivity index (χ1n) is 11.0. The molecule has 0 bridgehead atoms. The van der Waals surface area contributed by atoms with E-state index in [-0.39, 0.29) is 5.69 Å². The summed E-state index contributed by atoms with van der Waals surface area (Å²) >= 11 is 1.35. The van der Waals surface area contributed by atoms with Crippen LogP contribution in [0.25, 0.3) is 21.2 Å². The van der Waals surface area contributed by atoms with E-state index in [0.29, 0.717) is 16.3 Å². The van der Waals surface area contributed by atoms with Crippen molar-refractivity contribution in [3.8, 4) is 10.4 Å². The zero-order valence-corrected chi connectivity index (χ0v) is 20.2. The number of carbonyl (C=O) groups excluding carboxylic acids is 2. The van der Waals surface area contributed by atoms with Crippen molar-refractivity contribution in [2.45, 2.75) is 38.8 Å². The number of alkyl carbamates (subject to hydrolysis) is 1. The van der Waals surface area contributed by atoms with Crippen molar-refractivity contribution in [1.29, 1.82) is 0 Å². The number of nitrogens with one attached hydrogen (secondary N) is 1. The molecule has 7 heteroatoms. The molecule has 0 fully saturated rings. The van der Waals surface area contributed by atoms with E-state index in [1.807, 2.05) is 69.3 Å². The van der Waals surface area contributed by atoms with Gasteiger partial charge in [0.05, 0.1) is 10.9 Å². The fourth-order valence-corrected chi connectivity index (χ4v) is 4.82. The van der Waals surface area contributed by atoms with Crippen molar-refractivity contribution >= 4 is 34.1 Å². The Morgan fingerprint density at radius 2 is 1.68 bits per heavy atom. The summed E-state index contributed by atoms with van der Waals surface area (Å²) in [5.41, 5.74) is 7.08. The fourth-order valence-electron chi connectivity index (χ4n) is 3.69. The first-order valence-corrected chi connectivity index (χ1v) is 11.8. The highest BCUT2D eigenvalue weighted by Crippen LogP contribution is 2.34. The van der Waals surface area contributed by atoms with Crippen molar-refractivity contribution in [2.24, 2.45) is 5.73 Å². The number of nitrogens with two attached hydrogens (primary N) is 1. The number of amides is 2. The minimum atomic E-state index is -0.645. The van der Waals surface area contributed by atoms with Gasteiger partial charge in [-0.05, 0) is 49.1 Å². The smallest absolute Gasteiger partial charge is 0.408 e. The molecule has 4 rings (SSSR count). The summed E-state index contributed by atoms with van der Waals surface area (Å²) in [4.78, 5) is 30.1. The third kappa shape index (κ3) is 5.61. The van der Waals surface area contributed by atoms with E-state index in [1.165, 1.54) is 11.3 Å². The minimum Gasteiger partial charge on any atom is -0.444 e. The predicted molar refractivity (Wildman–Crippen MR) is 136 cm³/mol. The van der Waals surface area contributed by atoms with Gasteiger partial charge >= 0.3 is 6.09 Å². The van der Waals surface area contributed by atoms with Crippen molar-refractivity contribution < 1.29 is 14.3 Å². The predicted octanol–water partition coefficient (Wildman–Crippen LogP) is 5.87. The maximum Gasteiger partial charge on any atom is 0.408 e. The van der Waals surface area contributed by atoms with Gasteiger partial charge in [-0.2, -0.15) is 0 Å². The molecule has 0 aliphatic rings. The number of ether oxygens (including phenoxy) is 1. The molecule has 0 aliphatic heterocycles. The summed E-state index contributed by atoms with van der Waals surface area (Å²) < 4.78 is 5.50. The molecule has 1 aromatic heterocycles. The summed E-state index contributed by atoms with van der Waals surface area (Å²) in [6.07, 6.45) is -0.0697. The zero-order valence-electron chi connectivity index (χ0n) is 19.4. The maximum atomic E-state index is 12.7. The number of hydrogen-bond donors (Lipinski definition) is 2. The van der Waals surface area contributed by atoms with E-state index in [4.69, 9.17) is 10.5 Å². The average Bonchev–Trinajstić information content (AvgIpc) is 3.24. The molecule has 0 spiro atoms. The Morgan fingerprint density at radius 3 is 2.35 bits per heavy atom. The second-order valence-corrected chi connectivity index (χ2v) is 10.1. The highest BCUT2D eigenvalue weighted by molar-refractivity contribution is 7.15. The molecule has 3 N–H and O–H groups in total. The molecule has 0 radical (unpaired) electrons. The maximum absolute atomic E-state index is 12.7. The molecule has 6 nitrogen and oxygen atoms in total. The lowest BCUT2D eigenvalue weighted by atomic mass is 10.0. The van der Waals surface area contributed by atoms with Crippen LogP contribution in [0.1, 0.15) is 47.9 Å². The van der Waals surface area contributed by atoms with Crippen LogP contribution in [-0.2, 0) is 11.2 Å². The Labute approximate surface area is 202 Å². The summed E-state index contributed by atoms with van der Waals surface area (Å²) in [6.45, 7) is 5.44. The topological polar surface area (TPSA) is 94.3 Å². The highest BCUT2D eigenvalue weighted by Gasteiger charge is 2.26. The van der Waals surface area contributed by atoms with Crippen molar-refractivity contribution in [2.75, 3.05) is 0 Å². The quantitative estimate of drug-likeness (QED) is 0.366. The van der Waals surface area contributed by atoms with Crippen LogP contribution in [0.5, 0.6) is 0 Å². The van der Waals surface area contributed by atoms with Crippen LogP contribution in [0.15, 0.2) is 72.8 Å². The Morgan fingerprint density at radius 1 is 1.00 bits per heavy atom. The summed E-state index contributed by atoms with van der Waals surface area (Å²) in [7, 11) is 0. The van der Waals surface area contributed by atoms with Crippen molar-refractivity contribution in [3.05, 3.63) is 89.1 Å². The Bertz CT molecular complexity index is 1330. The van der Waals surface area contributed by atoms with Gasteiger partial charge in [-0.15, -0.1) is 11.3 Å². The number of fused-ring (bicyclic) bond motifs is 1. The Balaban J connectivity index is 1.72. The minimum absolute atomic E-state index is 0.195. The van der Waals surface area contributed by atoms with Gasteiger partial charge in [0, 0.05) is 0 Å². The third-order valence-electron chi connectivity index (χ3n) is 5.16. The molecule has 0 saturated heterocycles. The molecule has 34 heavy (non-hydrogen) atoms. The van der Waals surface area contributed by atoms with Gasteiger partial charge < -0.3 is 15.8 Å². The summed E-state index contributed by atoms with van der Waals surface area (Å²) in [6, 6.07) is 23.3. The Kier molecular flexibility index (Phi) is 6.65. The van der Waals surface area contributed by atoms with Gasteiger partial charge in [0.1, 0.15) is 16.3 Å². The molecular formula is C27H27N3O3S. The molecular weight excluding hydrogens is 446 g/mol. The van der Waals surface area contributed by atoms with Crippen LogP contribution in [0.2, 0.25) is 0 Å². The lowest BCUT2D eigenvalue weighted by Gasteiger charge is -2.23. The first kappa shape index (κ1) is 23.4. The number of hydrogen-bond acceptors (Lipinski definition) is 5. The second-order valence-electron chi connectivity index (χ2n) is 9.04. The zero-order chi connectivity index (χ0) is 24.3. The molecule has 0 saturated carbocycles. The van der Waals surface area contributed by atoms with Crippen LogP contribution in [0.3, 0.4) is 0 Å². The number of aromatic nitrogens is 1. The largest absolute Gasteiger partial charge is 0.444 e. The summed E-state index contributed by atoms with van der Waals surface area (Å²) in [5.74, 6) is -0.608. The van der Waals surface area contributed by atoms with E-state index in [1.54, 1.807) is 0 Å². The molecule has 0 unspecified atom stereocenters. The van der Waals surface area contributed by atoms with Gasteiger partial charge in [-0.1, -0.05) is 72.8 Å². The number of benzene rings is 3. The third-order valence-corrected chi connectivity index (χ3v) is 6.37. The molecule has 1 atom stereocenters. The van der Waals surface area contributed by atoms with Crippen molar-refractivity contribution in [1.82, 2.24) is 10.3 Å². The molecule has 2 amide bonds. The number of thiazole rings is 1. The van der Waals surface area contributed by atoms with E-state index in [9.17, 15) is 9.59 Å². The number of rotatable bonds is 6. The normalized spacial score (nSPS) is 12.3. The lowest BCUT2D eigenvalue weighted by Crippen LogP contribution is -2.35. The van der Waals surface area contributed by atoms with Crippen LogP contribution < -0.4 is 11.1 Å². The van der Waals surface area contributed by atoms with E-state index >= 15 is 0 Å². The standard InChI is InChI=1S/C27H27N3O3S/c1-27(2,3)33-26(32)29-21(16-17-13-14-18-9-7-8-12-20(18)15-17)25-30-22(24(28)31)23(34-25)19-10-5-4-6-11-19/h4-15,21H,16H2,1-3H3,(H2,28,31)(H,29,32)/t21-/m1/s1. The summed E-state index contributed by atoms with van der Waals surface area (Å²) in [5, 5.41) is 5.79. The van der Waals surface area contributed by atoms with Crippen molar-refractivity contribution in [3.63, 3.8) is 0 Å². The molecule has 1 heterocycles. The monoisotopic (exact) mass is 473 g/mol. The van der Waals surface area contributed by atoms with Gasteiger partial charge in [0.15, 0.2) is 0 Å². The van der Waals surface area contributed by atoms with Crippen LogP contribution >= 0.6 is 11.3 Å². The number of carbonyl (C=O) groups is 2. The van der Waals surface area contributed by atoms with Gasteiger partial charge in [-0.3, -0.25) is 4.79 Å². The fraction of sp³-hybridized carbons (Fsp3) is 0.222. The first-order chi connectivity index (χ1) is 16.2. The second kappa shape index (κ2) is 9.65. The van der Waals surface area contributed by atoms with E-state index in [2.05, 4.69) is 34.6 Å². The van der Waals surface area contributed by atoms with Gasteiger partial charge in [-0.25, -0.2) is 9.78 Å². The average molecular weight is 474 g/mol. The molecule has 174 valence electrons. The molecule has 0 aliphatic carbocycles. The van der Waals surface area contributed by atoms with E-state index < -0.39 is 23.6 Å². The Hall–Kier alpha value is -3.71. The SMILES string of the molecule is CC(C)(C)OC(=O)N[C@H](Cc1ccc2ccccc2c1)c1nc(C(N)=O)c(-c2ccccc2)s1. The molecule has 3 aromatic carbocycles. The van der Waals surface area contributed by atoms with Crippen LogP contribution in [0.4, 0.5) is 4.79 Å². The van der Waals surface area contributed by atoms with Crippen LogP contribution in [0, 0.1) is 0 Å². The number of nitrogens with zero attached hydrogens (tertiary/aromatic N) is 1. The van der Waals surface area contributed by atoms with Gasteiger partial charge in [0.2, 0.25) is 0 Å². The van der Waals surface area contributed by atoms with E-state index in [0.717, 1.165) is 21.9 Å². The lowest BCUT2D eigenvalue weighted by molar-refractivity contribution is 0.0503. The highest BCUT2D eigenvalue weighted by atomic mass is 32.1. The number of primary amides is 1. The van der Waals surface area contributed by atoms with Gasteiger partial charge in [0.25, 0.3) is 5.91 Å². The van der Waals surface area contributed by atoms with Crippen LogP contribution in [-0.4, -0.2) is 22.6 Å². The molecule has 4 aromatic rings.